The number of hydrogen-bond acceptors (Lipinski definition) is 3. The molecular formula is C16H25ClN2O2. The van der Waals surface area contributed by atoms with Crippen LogP contribution in [0.3, 0.4) is 0 Å². The van der Waals surface area contributed by atoms with Crippen molar-refractivity contribution in [3.05, 3.63) is 29.8 Å². The Bertz CT molecular complexity index is 465. The topological polar surface area (TPSA) is 55.6 Å². The summed E-state index contributed by atoms with van der Waals surface area (Å²) in [6.07, 6.45) is 2.65. The van der Waals surface area contributed by atoms with Crippen molar-refractivity contribution in [2.45, 2.75) is 45.3 Å². The van der Waals surface area contributed by atoms with Gasteiger partial charge in [-0.05, 0) is 44.4 Å². The molecule has 0 spiro atoms. The van der Waals surface area contributed by atoms with E-state index in [2.05, 4.69) is 0 Å². The molecule has 1 saturated heterocycles. The van der Waals surface area contributed by atoms with E-state index in [1.165, 1.54) is 0 Å². The van der Waals surface area contributed by atoms with Crippen LogP contribution in [0.1, 0.15) is 32.3 Å². The van der Waals surface area contributed by atoms with Gasteiger partial charge < -0.3 is 15.4 Å². The summed E-state index contributed by atoms with van der Waals surface area (Å²) in [6, 6.07) is 8.00. The summed E-state index contributed by atoms with van der Waals surface area (Å²) in [5.74, 6) is 0.988. The van der Waals surface area contributed by atoms with Crippen molar-refractivity contribution in [2.75, 3.05) is 13.1 Å². The van der Waals surface area contributed by atoms with Crippen LogP contribution in [0, 0.1) is 0 Å². The van der Waals surface area contributed by atoms with Gasteiger partial charge in [-0.2, -0.15) is 0 Å². The number of amides is 1. The highest BCUT2D eigenvalue weighted by Gasteiger charge is 2.27. The Morgan fingerprint density at radius 2 is 2.24 bits per heavy atom. The molecule has 1 heterocycles. The van der Waals surface area contributed by atoms with Crippen molar-refractivity contribution in [2.24, 2.45) is 5.73 Å². The zero-order chi connectivity index (χ0) is 14.5. The highest BCUT2D eigenvalue weighted by atomic mass is 35.5. The molecule has 1 fully saturated rings. The molecule has 0 radical (unpaired) electrons. The predicted octanol–water partition coefficient (Wildman–Crippen LogP) is 2.39. The van der Waals surface area contributed by atoms with E-state index in [0.29, 0.717) is 13.0 Å². The summed E-state index contributed by atoms with van der Waals surface area (Å²) in [5, 5.41) is 0. The first-order valence-electron chi connectivity index (χ1n) is 7.35. The van der Waals surface area contributed by atoms with E-state index in [1.54, 1.807) is 0 Å². The zero-order valence-electron chi connectivity index (χ0n) is 12.7. The number of likely N-dealkylation sites (tertiary alicyclic amines) is 1. The number of rotatable bonds is 5. The largest absolute Gasteiger partial charge is 0.491 e. The van der Waals surface area contributed by atoms with Crippen molar-refractivity contribution in [3.8, 4) is 5.75 Å². The lowest BCUT2D eigenvalue weighted by Crippen LogP contribution is -2.40. The summed E-state index contributed by atoms with van der Waals surface area (Å²) >= 11 is 0. The lowest BCUT2D eigenvalue weighted by molar-refractivity contribution is -0.131. The van der Waals surface area contributed by atoms with Crippen molar-refractivity contribution >= 4 is 18.3 Å². The van der Waals surface area contributed by atoms with Gasteiger partial charge in [-0.25, -0.2) is 0 Å². The third-order valence-corrected chi connectivity index (χ3v) is 3.60. The minimum Gasteiger partial charge on any atom is -0.491 e. The average Bonchev–Trinajstić information content (AvgIpc) is 2.86. The highest BCUT2D eigenvalue weighted by Crippen LogP contribution is 2.20. The number of benzene rings is 1. The number of carbonyl (C=O) groups is 1. The maximum Gasteiger partial charge on any atom is 0.227 e. The highest BCUT2D eigenvalue weighted by molar-refractivity contribution is 5.85. The molecule has 1 unspecified atom stereocenters. The van der Waals surface area contributed by atoms with Gasteiger partial charge in [-0.3, -0.25) is 4.79 Å². The molecule has 1 amide bonds. The van der Waals surface area contributed by atoms with E-state index in [-0.39, 0.29) is 30.5 Å². The van der Waals surface area contributed by atoms with Gasteiger partial charge in [-0.15, -0.1) is 12.4 Å². The molecular weight excluding hydrogens is 288 g/mol. The maximum absolute atomic E-state index is 12.3. The minimum absolute atomic E-state index is 0. The molecule has 0 saturated carbocycles. The van der Waals surface area contributed by atoms with E-state index in [1.807, 2.05) is 43.0 Å². The summed E-state index contributed by atoms with van der Waals surface area (Å²) in [4.78, 5) is 14.3. The summed E-state index contributed by atoms with van der Waals surface area (Å²) in [7, 11) is 0. The standard InChI is InChI=1S/C16H24N2O2.ClH/c1-12(2)20-15-7-3-5-13(9-15)10-16(19)18-8-4-6-14(18)11-17;/h3,5,7,9,12,14H,4,6,8,10-11,17H2,1-2H3;1H. The Labute approximate surface area is 133 Å². The van der Waals surface area contributed by atoms with Crippen LogP contribution in [-0.4, -0.2) is 36.0 Å². The Morgan fingerprint density at radius 3 is 2.90 bits per heavy atom. The molecule has 0 bridgehead atoms. The van der Waals surface area contributed by atoms with Gasteiger partial charge in [-0.1, -0.05) is 12.1 Å². The monoisotopic (exact) mass is 312 g/mol. The van der Waals surface area contributed by atoms with Gasteiger partial charge in [0.25, 0.3) is 0 Å². The first-order chi connectivity index (χ1) is 9.60. The molecule has 0 aliphatic carbocycles. The molecule has 21 heavy (non-hydrogen) atoms. The minimum atomic E-state index is 0. The fourth-order valence-electron chi connectivity index (χ4n) is 2.69. The summed E-state index contributed by atoms with van der Waals surface area (Å²) in [6.45, 7) is 5.38. The third kappa shape index (κ3) is 4.90. The molecule has 1 aromatic rings. The second-order valence-electron chi connectivity index (χ2n) is 5.61. The van der Waals surface area contributed by atoms with Crippen LogP contribution in [0.2, 0.25) is 0 Å². The number of nitrogens with zero attached hydrogens (tertiary/aromatic N) is 1. The second kappa shape index (κ2) is 8.25. The number of nitrogens with two attached hydrogens (primary N) is 1. The van der Waals surface area contributed by atoms with E-state index in [4.69, 9.17) is 10.5 Å². The second-order valence-corrected chi connectivity index (χ2v) is 5.61. The number of halogens is 1. The first-order valence-corrected chi connectivity index (χ1v) is 7.35. The van der Waals surface area contributed by atoms with Crippen molar-refractivity contribution < 1.29 is 9.53 Å². The van der Waals surface area contributed by atoms with E-state index < -0.39 is 0 Å². The number of ether oxygens (including phenoxy) is 1. The molecule has 5 heteroatoms. The van der Waals surface area contributed by atoms with E-state index >= 15 is 0 Å². The molecule has 0 aromatic heterocycles. The molecule has 4 nitrogen and oxygen atoms in total. The van der Waals surface area contributed by atoms with Gasteiger partial charge in [0.2, 0.25) is 5.91 Å². The Morgan fingerprint density at radius 1 is 1.48 bits per heavy atom. The Kier molecular flexibility index (Phi) is 6.99. The fourth-order valence-corrected chi connectivity index (χ4v) is 2.69. The summed E-state index contributed by atoms with van der Waals surface area (Å²) in [5.41, 5.74) is 6.72. The molecule has 118 valence electrons. The van der Waals surface area contributed by atoms with Gasteiger partial charge in [0.05, 0.1) is 12.5 Å². The van der Waals surface area contributed by atoms with Gasteiger partial charge in [0, 0.05) is 19.1 Å². The quantitative estimate of drug-likeness (QED) is 0.908. The molecule has 1 aliphatic rings. The molecule has 1 aromatic carbocycles. The normalized spacial score (nSPS) is 17.7. The van der Waals surface area contributed by atoms with Crippen LogP contribution in [-0.2, 0) is 11.2 Å². The molecule has 1 aliphatic heterocycles. The third-order valence-electron chi connectivity index (χ3n) is 3.60. The Balaban J connectivity index is 0.00000220. The van der Waals surface area contributed by atoms with Gasteiger partial charge in [0.1, 0.15) is 5.75 Å². The van der Waals surface area contributed by atoms with E-state index in [9.17, 15) is 4.79 Å². The molecule has 2 rings (SSSR count). The van der Waals surface area contributed by atoms with Crippen LogP contribution in [0.5, 0.6) is 5.75 Å². The number of carbonyl (C=O) groups excluding carboxylic acids is 1. The van der Waals surface area contributed by atoms with Gasteiger partial charge in [0.15, 0.2) is 0 Å². The van der Waals surface area contributed by atoms with Crippen LogP contribution in [0.15, 0.2) is 24.3 Å². The van der Waals surface area contributed by atoms with Crippen molar-refractivity contribution in [1.82, 2.24) is 4.90 Å². The van der Waals surface area contributed by atoms with Crippen LogP contribution >= 0.6 is 12.4 Å². The van der Waals surface area contributed by atoms with Crippen LogP contribution in [0.25, 0.3) is 0 Å². The molecule has 2 N–H and O–H groups in total. The lowest BCUT2D eigenvalue weighted by atomic mass is 10.1. The van der Waals surface area contributed by atoms with Gasteiger partial charge >= 0.3 is 0 Å². The fraction of sp³-hybridized carbons (Fsp3) is 0.562. The zero-order valence-corrected chi connectivity index (χ0v) is 13.6. The molecule has 1 atom stereocenters. The number of hydrogen-bond donors (Lipinski definition) is 1. The maximum atomic E-state index is 12.3. The van der Waals surface area contributed by atoms with E-state index in [0.717, 1.165) is 30.7 Å². The van der Waals surface area contributed by atoms with Crippen molar-refractivity contribution in [1.29, 1.82) is 0 Å². The first kappa shape index (κ1) is 17.8. The van der Waals surface area contributed by atoms with Crippen LogP contribution in [0.4, 0.5) is 0 Å². The lowest BCUT2D eigenvalue weighted by Gasteiger charge is -2.23. The Hall–Kier alpha value is -1.26. The SMILES string of the molecule is CC(C)Oc1cccc(CC(=O)N2CCCC2CN)c1.Cl. The average molecular weight is 313 g/mol. The van der Waals surface area contributed by atoms with Crippen molar-refractivity contribution in [3.63, 3.8) is 0 Å². The summed E-state index contributed by atoms with van der Waals surface area (Å²) < 4.78 is 5.66. The smallest absolute Gasteiger partial charge is 0.227 e. The predicted molar refractivity (Wildman–Crippen MR) is 86.9 cm³/mol. The van der Waals surface area contributed by atoms with Crippen LogP contribution < -0.4 is 10.5 Å².